The maximum absolute atomic E-state index is 13.7. The van der Waals surface area contributed by atoms with E-state index in [1.165, 1.54) is 30.5 Å². The molecule has 0 bridgehead atoms. The van der Waals surface area contributed by atoms with Crippen molar-refractivity contribution in [1.29, 1.82) is 0 Å². The van der Waals surface area contributed by atoms with E-state index in [4.69, 9.17) is 4.42 Å². The summed E-state index contributed by atoms with van der Waals surface area (Å²) in [5.74, 6) is -1.22. The molecule has 0 atom stereocenters. The molecule has 0 aliphatic rings. The fourth-order valence-electron chi connectivity index (χ4n) is 2.41. The Morgan fingerprint density at radius 3 is 2.54 bits per heavy atom. The fraction of sp³-hybridized carbons (Fsp3) is 0.167. The SMILES string of the molecule is CN(Cc1coc(-c2cccc(F)c2)n1)Cc1ccc(F)cc1F. The van der Waals surface area contributed by atoms with Crippen molar-refractivity contribution in [1.82, 2.24) is 9.88 Å². The Kier molecular flexibility index (Phi) is 4.66. The lowest BCUT2D eigenvalue weighted by Crippen LogP contribution is -2.18. The molecule has 24 heavy (non-hydrogen) atoms. The molecule has 0 N–H and O–H groups in total. The summed E-state index contributed by atoms with van der Waals surface area (Å²) in [4.78, 5) is 6.13. The first kappa shape index (κ1) is 16.3. The summed E-state index contributed by atoms with van der Waals surface area (Å²) >= 11 is 0. The van der Waals surface area contributed by atoms with Crippen LogP contribution in [0.1, 0.15) is 11.3 Å². The molecular weight excluding hydrogens is 317 g/mol. The lowest BCUT2D eigenvalue weighted by atomic mass is 10.2. The molecule has 0 aliphatic carbocycles. The van der Waals surface area contributed by atoms with Crippen LogP contribution < -0.4 is 0 Å². The van der Waals surface area contributed by atoms with Crippen molar-refractivity contribution >= 4 is 0 Å². The highest BCUT2D eigenvalue weighted by molar-refractivity contribution is 5.52. The van der Waals surface area contributed by atoms with Crippen LogP contribution in [-0.2, 0) is 13.1 Å². The standard InChI is InChI=1S/C18H15F3N2O/c1-23(9-13-5-6-15(20)8-17(13)21)10-16-11-24-18(22-16)12-3-2-4-14(19)7-12/h2-8,11H,9-10H2,1H3. The lowest BCUT2D eigenvalue weighted by Gasteiger charge is -2.15. The van der Waals surface area contributed by atoms with Gasteiger partial charge in [-0.25, -0.2) is 18.2 Å². The van der Waals surface area contributed by atoms with Crippen molar-refractivity contribution in [2.75, 3.05) is 7.05 Å². The third-order valence-corrected chi connectivity index (χ3v) is 3.51. The zero-order chi connectivity index (χ0) is 17.1. The van der Waals surface area contributed by atoms with Gasteiger partial charge in [0.25, 0.3) is 0 Å². The molecule has 2 aromatic carbocycles. The van der Waals surface area contributed by atoms with Crippen molar-refractivity contribution in [2.24, 2.45) is 0 Å². The second kappa shape index (κ2) is 6.88. The fourth-order valence-corrected chi connectivity index (χ4v) is 2.41. The van der Waals surface area contributed by atoms with Crippen LogP contribution >= 0.6 is 0 Å². The molecule has 0 saturated carbocycles. The van der Waals surface area contributed by atoms with E-state index in [0.717, 1.165) is 6.07 Å². The number of benzene rings is 2. The molecule has 0 fully saturated rings. The van der Waals surface area contributed by atoms with E-state index in [-0.39, 0.29) is 5.82 Å². The highest BCUT2D eigenvalue weighted by Crippen LogP contribution is 2.20. The van der Waals surface area contributed by atoms with Gasteiger partial charge >= 0.3 is 0 Å². The molecule has 3 nitrogen and oxygen atoms in total. The second-order valence-corrected chi connectivity index (χ2v) is 5.56. The van der Waals surface area contributed by atoms with Gasteiger partial charge in [0.05, 0.1) is 5.69 Å². The molecular formula is C18H15F3N2O. The first-order valence-electron chi connectivity index (χ1n) is 7.34. The summed E-state index contributed by atoms with van der Waals surface area (Å²) in [6.45, 7) is 0.712. The van der Waals surface area contributed by atoms with E-state index in [0.29, 0.717) is 35.8 Å². The average molecular weight is 332 g/mol. The van der Waals surface area contributed by atoms with Gasteiger partial charge in [-0.2, -0.15) is 0 Å². The first-order chi connectivity index (χ1) is 11.5. The topological polar surface area (TPSA) is 29.3 Å². The molecule has 3 aromatic rings. The van der Waals surface area contributed by atoms with Crippen LogP contribution in [0.4, 0.5) is 13.2 Å². The van der Waals surface area contributed by atoms with Gasteiger partial charge in [-0.1, -0.05) is 12.1 Å². The van der Waals surface area contributed by atoms with E-state index in [1.54, 1.807) is 19.2 Å². The van der Waals surface area contributed by atoms with E-state index in [9.17, 15) is 13.2 Å². The minimum absolute atomic E-state index is 0.300. The number of hydrogen-bond acceptors (Lipinski definition) is 3. The number of hydrogen-bond donors (Lipinski definition) is 0. The number of halogens is 3. The summed E-state index contributed by atoms with van der Waals surface area (Å²) < 4.78 is 45.2. The van der Waals surface area contributed by atoms with Crippen LogP contribution in [0.25, 0.3) is 11.5 Å². The summed E-state index contributed by atoms with van der Waals surface area (Å²) in [6, 6.07) is 9.48. The molecule has 0 spiro atoms. The van der Waals surface area contributed by atoms with Crippen molar-refractivity contribution in [2.45, 2.75) is 13.1 Å². The predicted octanol–water partition coefficient (Wildman–Crippen LogP) is 4.39. The highest BCUT2D eigenvalue weighted by atomic mass is 19.1. The summed E-state index contributed by atoms with van der Waals surface area (Å²) in [6.07, 6.45) is 1.48. The van der Waals surface area contributed by atoms with Crippen molar-refractivity contribution in [3.05, 3.63) is 77.4 Å². The van der Waals surface area contributed by atoms with E-state index in [2.05, 4.69) is 4.98 Å². The van der Waals surface area contributed by atoms with Crippen molar-refractivity contribution in [3.63, 3.8) is 0 Å². The van der Waals surface area contributed by atoms with Crippen LogP contribution in [0, 0.1) is 17.5 Å². The predicted molar refractivity (Wildman–Crippen MR) is 83.4 cm³/mol. The van der Waals surface area contributed by atoms with Gasteiger partial charge in [0.1, 0.15) is 23.7 Å². The zero-order valence-electron chi connectivity index (χ0n) is 13.0. The van der Waals surface area contributed by atoms with Gasteiger partial charge in [0.2, 0.25) is 5.89 Å². The molecule has 0 radical (unpaired) electrons. The molecule has 1 heterocycles. The minimum Gasteiger partial charge on any atom is -0.444 e. The van der Waals surface area contributed by atoms with E-state index < -0.39 is 11.6 Å². The highest BCUT2D eigenvalue weighted by Gasteiger charge is 2.11. The van der Waals surface area contributed by atoms with Gasteiger partial charge in [-0.15, -0.1) is 0 Å². The Balaban J connectivity index is 1.68. The van der Waals surface area contributed by atoms with E-state index >= 15 is 0 Å². The molecule has 3 rings (SSSR count). The smallest absolute Gasteiger partial charge is 0.226 e. The monoisotopic (exact) mass is 332 g/mol. The second-order valence-electron chi connectivity index (χ2n) is 5.56. The Bertz CT molecular complexity index is 848. The summed E-state index contributed by atoms with van der Waals surface area (Å²) in [7, 11) is 1.79. The molecule has 0 unspecified atom stereocenters. The number of nitrogens with zero attached hydrogens (tertiary/aromatic N) is 2. The van der Waals surface area contributed by atoms with Crippen LogP contribution in [0.2, 0.25) is 0 Å². The summed E-state index contributed by atoms with van der Waals surface area (Å²) in [5.41, 5.74) is 1.58. The van der Waals surface area contributed by atoms with Gasteiger partial charge in [-0.3, -0.25) is 4.90 Å². The lowest BCUT2D eigenvalue weighted by molar-refractivity contribution is 0.309. The Morgan fingerprint density at radius 2 is 1.79 bits per heavy atom. The van der Waals surface area contributed by atoms with Crippen LogP contribution in [0.5, 0.6) is 0 Å². The third-order valence-electron chi connectivity index (χ3n) is 3.51. The van der Waals surface area contributed by atoms with Gasteiger partial charge in [-0.05, 0) is 31.3 Å². The molecule has 0 aliphatic heterocycles. The van der Waals surface area contributed by atoms with E-state index in [1.807, 2.05) is 4.90 Å². The van der Waals surface area contributed by atoms with Crippen molar-refractivity contribution in [3.8, 4) is 11.5 Å². The Hall–Kier alpha value is -2.60. The van der Waals surface area contributed by atoms with Crippen LogP contribution in [0.3, 0.4) is 0 Å². The van der Waals surface area contributed by atoms with Gasteiger partial charge in [0.15, 0.2) is 0 Å². The van der Waals surface area contributed by atoms with Gasteiger partial charge < -0.3 is 4.42 Å². The molecule has 124 valence electrons. The van der Waals surface area contributed by atoms with Crippen LogP contribution in [-0.4, -0.2) is 16.9 Å². The van der Waals surface area contributed by atoms with Crippen LogP contribution in [0.15, 0.2) is 53.1 Å². The molecule has 0 saturated heterocycles. The molecule has 0 amide bonds. The quantitative estimate of drug-likeness (QED) is 0.694. The maximum atomic E-state index is 13.7. The number of rotatable bonds is 5. The largest absolute Gasteiger partial charge is 0.444 e. The Morgan fingerprint density at radius 1 is 1.00 bits per heavy atom. The maximum Gasteiger partial charge on any atom is 0.226 e. The number of aromatic nitrogens is 1. The first-order valence-corrected chi connectivity index (χ1v) is 7.34. The molecule has 1 aromatic heterocycles. The number of oxazole rings is 1. The summed E-state index contributed by atoms with van der Waals surface area (Å²) in [5, 5.41) is 0. The zero-order valence-corrected chi connectivity index (χ0v) is 13.0. The molecule has 6 heteroatoms. The Labute approximate surface area is 137 Å². The van der Waals surface area contributed by atoms with Crippen molar-refractivity contribution < 1.29 is 17.6 Å². The minimum atomic E-state index is -0.602. The third kappa shape index (κ3) is 3.83. The van der Waals surface area contributed by atoms with Gasteiger partial charge in [0, 0.05) is 30.3 Å². The normalized spacial score (nSPS) is 11.2. The average Bonchev–Trinajstić information content (AvgIpc) is 2.98.